The van der Waals surface area contributed by atoms with E-state index in [-0.39, 0.29) is 41.8 Å². The van der Waals surface area contributed by atoms with Gasteiger partial charge in [0.2, 0.25) is 0 Å². The Morgan fingerprint density at radius 3 is 2.39 bits per heavy atom. The van der Waals surface area contributed by atoms with Crippen LogP contribution in [0.3, 0.4) is 0 Å². The first-order valence-corrected chi connectivity index (χ1v) is 11.5. The fourth-order valence-electron chi connectivity index (χ4n) is 6.53. The largest absolute Gasteiger partial charge is 0.491 e. The lowest BCUT2D eigenvalue weighted by molar-refractivity contribution is -0.0449. The first kappa shape index (κ1) is 21.8. The van der Waals surface area contributed by atoms with Gasteiger partial charge in [-0.3, -0.25) is 19.6 Å². The minimum Gasteiger partial charge on any atom is -0.491 e. The van der Waals surface area contributed by atoms with Gasteiger partial charge in [-0.05, 0) is 63.4 Å². The molecule has 3 N–H and O–H groups in total. The summed E-state index contributed by atoms with van der Waals surface area (Å²) in [7, 11) is 0. The topological polar surface area (TPSA) is 126 Å². The summed E-state index contributed by atoms with van der Waals surface area (Å²) in [4.78, 5) is 38.8. The van der Waals surface area contributed by atoms with Crippen molar-refractivity contribution in [3.05, 3.63) is 47.8 Å². The fraction of sp³-hybridized carbons (Fsp3) is 0.542. The number of nitrogens with one attached hydrogen (secondary N) is 2. The predicted octanol–water partition coefficient (Wildman–Crippen LogP) is 1.80. The number of aryl methyl sites for hydroxylation is 1. The molecular formula is C24H29N5O4. The van der Waals surface area contributed by atoms with Crippen LogP contribution in [0.15, 0.2) is 30.7 Å². The third-order valence-electron chi connectivity index (χ3n) is 7.13. The zero-order valence-electron chi connectivity index (χ0n) is 18.7. The normalized spacial score (nSPS) is 29.5. The number of aromatic nitrogens is 3. The maximum atomic E-state index is 13.2. The van der Waals surface area contributed by atoms with Crippen LogP contribution < -0.4 is 15.4 Å². The van der Waals surface area contributed by atoms with Crippen molar-refractivity contribution in [1.82, 2.24) is 25.6 Å². The lowest BCUT2D eigenvalue weighted by Gasteiger charge is -2.62. The van der Waals surface area contributed by atoms with Gasteiger partial charge in [0.25, 0.3) is 11.8 Å². The van der Waals surface area contributed by atoms with Crippen molar-refractivity contribution in [2.75, 3.05) is 13.2 Å². The molecule has 0 aliphatic heterocycles. The molecule has 9 nitrogen and oxygen atoms in total. The number of carbonyl (C=O) groups excluding carboxylic acids is 2. The van der Waals surface area contributed by atoms with Gasteiger partial charge in [0.15, 0.2) is 0 Å². The van der Waals surface area contributed by atoms with Crippen LogP contribution in [0.4, 0.5) is 0 Å². The van der Waals surface area contributed by atoms with Crippen molar-refractivity contribution in [1.29, 1.82) is 0 Å². The standard InChI is InChI=1S/C24H29N5O4/c1-15-12-25-13-20(27-15)22(32)29-24-10-16-6-17(11-24)9-23(8-16,14-24)28-21(31)19-7-18(2-3-26-19)33-5-4-30/h2-3,7,12-13,16-17,30H,4-6,8-11,14H2,1H3,(H,28,31)(H,29,32). The predicted molar refractivity (Wildman–Crippen MR) is 119 cm³/mol. The van der Waals surface area contributed by atoms with Crippen LogP contribution >= 0.6 is 0 Å². The number of aliphatic hydroxyl groups excluding tert-OH is 1. The van der Waals surface area contributed by atoms with Gasteiger partial charge in [0, 0.05) is 29.5 Å². The maximum absolute atomic E-state index is 13.2. The van der Waals surface area contributed by atoms with E-state index >= 15 is 0 Å². The van der Waals surface area contributed by atoms with E-state index in [4.69, 9.17) is 9.84 Å². The Morgan fingerprint density at radius 2 is 1.76 bits per heavy atom. The molecular weight excluding hydrogens is 422 g/mol. The highest BCUT2D eigenvalue weighted by Crippen LogP contribution is 2.57. The van der Waals surface area contributed by atoms with E-state index in [0.717, 1.165) is 32.1 Å². The average molecular weight is 452 g/mol. The van der Waals surface area contributed by atoms with Crippen LogP contribution in [-0.2, 0) is 0 Å². The molecule has 0 spiro atoms. The number of pyridine rings is 1. The molecule has 4 saturated carbocycles. The quantitative estimate of drug-likeness (QED) is 0.586. The number of hydrogen-bond acceptors (Lipinski definition) is 7. The first-order valence-electron chi connectivity index (χ1n) is 11.5. The van der Waals surface area contributed by atoms with Gasteiger partial charge >= 0.3 is 0 Å². The summed E-state index contributed by atoms with van der Waals surface area (Å²) >= 11 is 0. The second-order valence-electron chi connectivity index (χ2n) is 9.92. The second-order valence-corrected chi connectivity index (χ2v) is 9.92. The smallest absolute Gasteiger partial charge is 0.271 e. The van der Waals surface area contributed by atoms with Crippen LogP contribution in [0.2, 0.25) is 0 Å². The minimum atomic E-state index is -0.365. The number of nitrogens with zero attached hydrogens (tertiary/aromatic N) is 3. The number of carbonyl (C=O) groups is 2. The van der Waals surface area contributed by atoms with Crippen LogP contribution in [-0.4, -0.2) is 56.2 Å². The molecule has 2 heterocycles. The summed E-state index contributed by atoms with van der Waals surface area (Å²) in [5, 5.41) is 15.5. The van der Waals surface area contributed by atoms with Crippen molar-refractivity contribution in [3.63, 3.8) is 0 Å². The maximum Gasteiger partial charge on any atom is 0.271 e. The van der Waals surface area contributed by atoms with Crippen molar-refractivity contribution in [2.45, 2.75) is 56.5 Å². The van der Waals surface area contributed by atoms with E-state index in [0.29, 0.717) is 35.4 Å². The van der Waals surface area contributed by atoms with Crippen LogP contribution in [0.25, 0.3) is 0 Å². The van der Waals surface area contributed by atoms with E-state index in [9.17, 15) is 9.59 Å². The molecule has 4 bridgehead atoms. The summed E-state index contributed by atoms with van der Waals surface area (Å²) < 4.78 is 5.42. The van der Waals surface area contributed by atoms with Gasteiger partial charge < -0.3 is 20.5 Å². The fourth-order valence-corrected chi connectivity index (χ4v) is 6.53. The van der Waals surface area contributed by atoms with Gasteiger partial charge in [-0.1, -0.05) is 0 Å². The zero-order chi connectivity index (χ0) is 23.1. The third kappa shape index (κ3) is 4.42. The van der Waals surface area contributed by atoms with Crippen molar-refractivity contribution >= 4 is 11.8 Å². The molecule has 2 aromatic heterocycles. The van der Waals surface area contributed by atoms with Crippen LogP contribution in [0.5, 0.6) is 5.75 Å². The lowest BCUT2D eigenvalue weighted by Crippen LogP contribution is -2.70. The van der Waals surface area contributed by atoms with Gasteiger partial charge in [-0.2, -0.15) is 0 Å². The molecule has 174 valence electrons. The van der Waals surface area contributed by atoms with Crippen molar-refractivity contribution in [3.8, 4) is 5.75 Å². The van der Waals surface area contributed by atoms with E-state index in [1.807, 2.05) is 6.92 Å². The van der Waals surface area contributed by atoms with Crippen molar-refractivity contribution < 1.29 is 19.4 Å². The van der Waals surface area contributed by atoms with E-state index in [2.05, 4.69) is 25.6 Å². The third-order valence-corrected chi connectivity index (χ3v) is 7.13. The monoisotopic (exact) mass is 451 g/mol. The average Bonchev–Trinajstić information content (AvgIpc) is 2.76. The van der Waals surface area contributed by atoms with Crippen LogP contribution in [0, 0.1) is 18.8 Å². The molecule has 4 aliphatic carbocycles. The van der Waals surface area contributed by atoms with Crippen LogP contribution in [0.1, 0.15) is 65.2 Å². The van der Waals surface area contributed by atoms with E-state index < -0.39 is 0 Å². The number of hydrogen-bond donors (Lipinski definition) is 3. The van der Waals surface area contributed by atoms with Gasteiger partial charge in [0.1, 0.15) is 23.7 Å². The van der Waals surface area contributed by atoms with Gasteiger partial charge in [-0.25, -0.2) is 4.98 Å². The summed E-state index contributed by atoms with van der Waals surface area (Å²) in [6.45, 7) is 1.88. The van der Waals surface area contributed by atoms with E-state index in [1.165, 1.54) is 12.4 Å². The number of aliphatic hydroxyl groups is 1. The summed E-state index contributed by atoms with van der Waals surface area (Å²) in [5.41, 5.74) is 0.604. The van der Waals surface area contributed by atoms with Gasteiger partial charge in [-0.15, -0.1) is 0 Å². The summed E-state index contributed by atoms with van der Waals surface area (Å²) in [6, 6.07) is 3.26. The highest BCUT2D eigenvalue weighted by molar-refractivity contribution is 5.94. The molecule has 2 amide bonds. The Morgan fingerprint density at radius 1 is 1.09 bits per heavy atom. The molecule has 0 saturated heterocycles. The first-order chi connectivity index (χ1) is 15.9. The Labute approximate surface area is 192 Å². The Bertz CT molecular complexity index is 1060. The molecule has 9 heteroatoms. The van der Waals surface area contributed by atoms with E-state index in [1.54, 1.807) is 18.3 Å². The molecule has 0 aromatic carbocycles. The highest BCUT2D eigenvalue weighted by Gasteiger charge is 2.58. The molecule has 4 fully saturated rings. The molecule has 2 unspecified atom stereocenters. The number of ether oxygens (including phenoxy) is 1. The molecule has 0 radical (unpaired) electrons. The number of rotatable bonds is 7. The van der Waals surface area contributed by atoms with Gasteiger partial charge in [0.05, 0.1) is 18.5 Å². The SMILES string of the molecule is Cc1cncc(C(=O)NC23CC4CC(CC(NC(=O)c5cc(OCCO)ccn5)(C4)C2)C3)n1. The minimum absolute atomic E-state index is 0.0995. The molecule has 6 rings (SSSR count). The molecule has 2 atom stereocenters. The summed E-state index contributed by atoms with van der Waals surface area (Å²) in [6.07, 6.45) is 10.2. The molecule has 2 aromatic rings. The summed E-state index contributed by atoms with van der Waals surface area (Å²) in [5.74, 6) is 0.977. The second kappa shape index (κ2) is 8.37. The number of amides is 2. The Kier molecular flexibility index (Phi) is 5.52. The van der Waals surface area contributed by atoms with Crippen molar-refractivity contribution in [2.24, 2.45) is 11.8 Å². The highest BCUT2D eigenvalue weighted by atomic mass is 16.5. The zero-order valence-corrected chi connectivity index (χ0v) is 18.7. The Hall–Kier alpha value is -3.07. The molecule has 4 aliphatic rings. The lowest BCUT2D eigenvalue weighted by atomic mass is 9.49. The Balaban J connectivity index is 1.34. The molecule has 33 heavy (non-hydrogen) atoms.